The maximum absolute atomic E-state index is 10.9. The molecule has 5 heteroatoms. The minimum atomic E-state index is -0.817. The van der Waals surface area contributed by atoms with Crippen LogP contribution in [0.3, 0.4) is 0 Å². The number of aryl methyl sites for hydroxylation is 4. The number of benzene rings is 1. The van der Waals surface area contributed by atoms with Gasteiger partial charge in [0.05, 0.1) is 23.6 Å². The number of carbonyl (C=O) groups is 1. The first kappa shape index (κ1) is 15.5. The van der Waals surface area contributed by atoms with Crippen LogP contribution in [0.1, 0.15) is 36.7 Å². The Labute approximate surface area is 124 Å². The van der Waals surface area contributed by atoms with E-state index in [2.05, 4.69) is 11.1 Å². The molecule has 0 radical (unpaired) electrons. The van der Waals surface area contributed by atoms with Crippen LogP contribution in [-0.4, -0.2) is 31.8 Å². The van der Waals surface area contributed by atoms with Gasteiger partial charge in [-0.3, -0.25) is 4.79 Å². The average Bonchev–Trinajstić information content (AvgIpc) is 2.71. The van der Waals surface area contributed by atoms with Crippen molar-refractivity contribution in [2.24, 2.45) is 0 Å². The number of rotatable bonds is 6. The quantitative estimate of drug-likeness (QED) is 0.857. The molecule has 114 valence electrons. The molecule has 2 aromatic rings. The smallest absolute Gasteiger partial charge is 0.305 e. The van der Waals surface area contributed by atoms with Crippen LogP contribution in [-0.2, 0) is 17.8 Å². The van der Waals surface area contributed by atoms with Gasteiger partial charge in [0, 0.05) is 13.0 Å². The summed E-state index contributed by atoms with van der Waals surface area (Å²) in [6, 6.07) is 4.10. The molecule has 1 aromatic carbocycles. The van der Waals surface area contributed by atoms with Gasteiger partial charge in [0.15, 0.2) is 0 Å². The predicted octanol–water partition coefficient (Wildman–Crippen LogP) is 2.44. The Balaban J connectivity index is 2.43. The maximum atomic E-state index is 10.9. The van der Waals surface area contributed by atoms with Gasteiger partial charge in [-0.05, 0) is 50.5 Å². The summed E-state index contributed by atoms with van der Waals surface area (Å²) in [6.45, 7) is 6.24. The minimum Gasteiger partial charge on any atom is -0.481 e. The van der Waals surface area contributed by atoms with Gasteiger partial charge in [0.25, 0.3) is 0 Å². The number of carboxylic acid groups (broad SMARTS) is 1. The molecule has 5 nitrogen and oxygen atoms in total. The largest absolute Gasteiger partial charge is 0.481 e. The van der Waals surface area contributed by atoms with Crippen LogP contribution >= 0.6 is 0 Å². The Hall–Kier alpha value is -1.88. The lowest BCUT2D eigenvalue weighted by Crippen LogP contribution is -2.10. The summed E-state index contributed by atoms with van der Waals surface area (Å²) >= 11 is 0. The summed E-state index contributed by atoms with van der Waals surface area (Å²) in [5, 5.41) is 18.4. The van der Waals surface area contributed by atoms with E-state index in [-0.39, 0.29) is 12.5 Å². The summed E-state index contributed by atoms with van der Waals surface area (Å²) in [5.41, 5.74) is 4.21. The summed E-state index contributed by atoms with van der Waals surface area (Å²) in [6.07, 6.45) is 0.944. The van der Waals surface area contributed by atoms with Crippen LogP contribution in [0, 0.1) is 13.8 Å². The van der Waals surface area contributed by atoms with Crippen LogP contribution < -0.4 is 0 Å². The number of nitrogens with zero attached hydrogens (tertiary/aromatic N) is 2. The van der Waals surface area contributed by atoms with Crippen molar-refractivity contribution in [3.05, 3.63) is 29.1 Å². The lowest BCUT2D eigenvalue weighted by atomic mass is 10.1. The number of aliphatic hydroxyl groups is 1. The van der Waals surface area contributed by atoms with Crippen molar-refractivity contribution in [2.75, 3.05) is 0 Å². The Morgan fingerprint density at radius 1 is 1.33 bits per heavy atom. The minimum absolute atomic E-state index is 0.0695. The van der Waals surface area contributed by atoms with Crippen molar-refractivity contribution in [3.8, 4) is 0 Å². The number of fused-ring (bicyclic) bond motifs is 1. The molecular formula is C16H22N2O3. The highest BCUT2D eigenvalue weighted by Gasteiger charge is 2.13. The van der Waals surface area contributed by atoms with Gasteiger partial charge in [0.1, 0.15) is 5.82 Å². The zero-order valence-corrected chi connectivity index (χ0v) is 12.8. The predicted molar refractivity (Wildman–Crippen MR) is 81.5 cm³/mol. The maximum Gasteiger partial charge on any atom is 0.305 e. The van der Waals surface area contributed by atoms with Gasteiger partial charge in [-0.2, -0.15) is 0 Å². The molecule has 0 aliphatic rings. The molecule has 21 heavy (non-hydrogen) atoms. The topological polar surface area (TPSA) is 75.4 Å². The number of hydrogen-bond acceptors (Lipinski definition) is 3. The van der Waals surface area contributed by atoms with Crippen LogP contribution in [0.2, 0.25) is 0 Å². The molecule has 1 atom stereocenters. The summed E-state index contributed by atoms with van der Waals surface area (Å²) in [5.74, 6) is 0.0271. The number of aliphatic carboxylic acids is 1. The van der Waals surface area contributed by atoms with Crippen molar-refractivity contribution < 1.29 is 15.0 Å². The van der Waals surface area contributed by atoms with Crippen molar-refractivity contribution >= 4 is 17.0 Å². The van der Waals surface area contributed by atoms with E-state index in [1.807, 2.05) is 24.5 Å². The molecule has 0 saturated heterocycles. The van der Waals surface area contributed by atoms with E-state index in [0.29, 0.717) is 19.4 Å². The van der Waals surface area contributed by atoms with E-state index in [4.69, 9.17) is 5.11 Å². The zero-order chi connectivity index (χ0) is 15.6. The third kappa shape index (κ3) is 3.61. The normalized spacial score (nSPS) is 12.8. The van der Waals surface area contributed by atoms with Crippen molar-refractivity contribution in [2.45, 2.75) is 52.7 Å². The summed E-state index contributed by atoms with van der Waals surface area (Å²) < 4.78 is 1.97. The molecule has 1 heterocycles. The van der Waals surface area contributed by atoms with Crippen molar-refractivity contribution in [1.82, 2.24) is 9.55 Å². The molecule has 0 bridgehead atoms. The van der Waals surface area contributed by atoms with Gasteiger partial charge in [-0.15, -0.1) is 0 Å². The van der Waals surface area contributed by atoms with E-state index in [1.165, 1.54) is 11.1 Å². The number of aromatic nitrogens is 2. The fourth-order valence-electron chi connectivity index (χ4n) is 2.42. The summed E-state index contributed by atoms with van der Waals surface area (Å²) in [7, 11) is 0. The van der Waals surface area contributed by atoms with Gasteiger partial charge >= 0.3 is 5.97 Å². The fraction of sp³-hybridized carbons (Fsp3) is 0.500. The Kier molecular flexibility index (Phi) is 4.63. The number of aliphatic hydroxyl groups excluding tert-OH is 1. The van der Waals surface area contributed by atoms with Crippen LogP contribution in [0.15, 0.2) is 12.1 Å². The number of hydrogen-bond donors (Lipinski definition) is 2. The van der Waals surface area contributed by atoms with Crippen molar-refractivity contribution in [1.29, 1.82) is 0 Å². The molecule has 2 rings (SSSR count). The Morgan fingerprint density at radius 2 is 2.00 bits per heavy atom. The third-order valence-electron chi connectivity index (χ3n) is 3.78. The third-order valence-corrected chi connectivity index (χ3v) is 3.78. The van der Waals surface area contributed by atoms with E-state index in [0.717, 1.165) is 16.9 Å². The van der Waals surface area contributed by atoms with E-state index in [1.54, 1.807) is 6.92 Å². The Morgan fingerprint density at radius 3 is 2.62 bits per heavy atom. The standard InChI is InChI=1S/C16H22N2O3/c1-10-8-13-14(9-11(10)2)18(7-6-16(20)21)15(17-13)5-4-12(3)19/h8-9,12,19H,4-7H2,1-3H3,(H,20,21). The van der Waals surface area contributed by atoms with Gasteiger partial charge in [0.2, 0.25) is 0 Å². The molecule has 0 spiro atoms. The molecule has 0 amide bonds. The van der Waals surface area contributed by atoms with Crippen LogP contribution in [0.4, 0.5) is 0 Å². The molecule has 0 aliphatic carbocycles. The fourth-order valence-corrected chi connectivity index (χ4v) is 2.42. The number of carboxylic acids is 1. The first-order chi connectivity index (χ1) is 9.88. The number of imidazole rings is 1. The van der Waals surface area contributed by atoms with E-state index < -0.39 is 5.97 Å². The second kappa shape index (κ2) is 6.26. The first-order valence-corrected chi connectivity index (χ1v) is 7.24. The second-order valence-electron chi connectivity index (χ2n) is 5.64. The highest BCUT2D eigenvalue weighted by Crippen LogP contribution is 2.22. The van der Waals surface area contributed by atoms with E-state index >= 15 is 0 Å². The van der Waals surface area contributed by atoms with Gasteiger partial charge < -0.3 is 14.8 Å². The SMILES string of the molecule is Cc1cc2nc(CCC(C)O)n(CCC(=O)O)c2cc1C. The van der Waals surface area contributed by atoms with Gasteiger partial charge in [-0.1, -0.05) is 0 Å². The second-order valence-corrected chi connectivity index (χ2v) is 5.64. The molecule has 0 saturated carbocycles. The first-order valence-electron chi connectivity index (χ1n) is 7.24. The molecule has 1 aromatic heterocycles. The Bertz CT molecular complexity index is 659. The molecule has 0 aliphatic heterocycles. The van der Waals surface area contributed by atoms with Crippen molar-refractivity contribution in [3.63, 3.8) is 0 Å². The highest BCUT2D eigenvalue weighted by molar-refractivity contribution is 5.78. The van der Waals surface area contributed by atoms with Crippen LogP contribution in [0.5, 0.6) is 0 Å². The highest BCUT2D eigenvalue weighted by atomic mass is 16.4. The molecule has 0 fully saturated rings. The zero-order valence-electron chi connectivity index (χ0n) is 12.8. The lowest BCUT2D eigenvalue weighted by Gasteiger charge is -2.09. The molecule has 1 unspecified atom stereocenters. The summed E-state index contributed by atoms with van der Waals surface area (Å²) in [4.78, 5) is 15.5. The van der Waals surface area contributed by atoms with Crippen LogP contribution in [0.25, 0.3) is 11.0 Å². The lowest BCUT2D eigenvalue weighted by molar-refractivity contribution is -0.137. The average molecular weight is 290 g/mol. The van der Waals surface area contributed by atoms with E-state index in [9.17, 15) is 9.90 Å². The molecule has 2 N–H and O–H groups in total. The van der Waals surface area contributed by atoms with Gasteiger partial charge in [-0.25, -0.2) is 4.98 Å². The molecular weight excluding hydrogens is 268 g/mol. The monoisotopic (exact) mass is 290 g/mol.